The Morgan fingerprint density at radius 3 is 2.71 bits per heavy atom. The zero-order chi connectivity index (χ0) is 10.6. The molecule has 1 aliphatic rings. The largest absolute Gasteiger partial charge is 0.383 e. The molecule has 1 atom stereocenters. The van der Waals surface area contributed by atoms with Crippen LogP contribution in [-0.4, -0.2) is 31.2 Å². The molecule has 1 amide bonds. The molecule has 1 rings (SSSR count). The number of hydrogen-bond acceptors (Lipinski definition) is 3. The van der Waals surface area contributed by atoms with Gasteiger partial charge in [0.2, 0.25) is 5.91 Å². The number of carbonyl (C=O) groups excluding carboxylic acids is 1. The fourth-order valence-electron chi connectivity index (χ4n) is 1.44. The first kappa shape index (κ1) is 11.5. The van der Waals surface area contributed by atoms with E-state index < -0.39 is 5.54 Å². The minimum atomic E-state index is -0.570. The van der Waals surface area contributed by atoms with Crippen molar-refractivity contribution in [2.75, 3.05) is 13.7 Å². The molecule has 0 aliphatic heterocycles. The van der Waals surface area contributed by atoms with Crippen molar-refractivity contribution in [1.29, 1.82) is 0 Å². The average Bonchev–Trinajstić information content (AvgIpc) is 2.86. The molecule has 0 heterocycles. The summed E-state index contributed by atoms with van der Waals surface area (Å²) < 4.78 is 5.03. The number of nitrogens with one attached hydrogen (secondary N) is 1. The van der Waals surface area contributed by atoms with E-state index >= 15 is 0 Å². The van der Waals surface area contributed by atoms with E-state index in [9.17, 15) is 4.79 Å². The molecular formula is C10H20N2O2. The summed E-state index contributed by atoms with van der Waals surface area (Å²) in [6.45, 7) is 2.65. The van der Waals surface area contributed by atoms with Crippen LogP contribution in [0.2, 0.25) is 0 Å². The van der Waals surface area contributed by atoms with E-state index in [0.29, 0.717) is 6.61 Å². The number of amides is 1. The minimum Gasteiger partial charge on any atom is -0.383 e. The third-order valence-corrected chi connectivity index (χ3v) is 2.58. The Balaban J connectivity index is 2.34. The maximum Gasteiger partial charge on any atom is 0.240 e. The lowest BCUT2D eigenvalue weighted by molar-refractivity contribution is -0.124. The van der Waals surface area contributed by atoms with Crippen molar-refractivity contribution in [2.24, 2.45) is 5.73 Å². The Bertz CT molecular complexity index is 196. The van der Waals surface area contributed by atoms with Crippen molar-refractivity contribution in [1.82, 2.24) is 5.32 Å². The van der Waals surface area contributed by atoms with Crippen LogP contribution in [0.15, 0.2) is 0 Å². The van der Waals surface area contributed by atoms with Crippen LogP contribution < -0.4 is 11.1 Å². The lowest BCUT2D eigenvalue weighted by Crippen LogP contribution is -2.48. The number of methoxy groups -OCH3 is 1. The quantitative estimate of drug-likeness (QED) is 0.652. The van der Waals surface area contributed by atoms with Gasteiger partial charge >= 0.3 is 0 Å². The van der Waals surface area contributed by atoms with Crippen LogP contribution in [-0.2, 0) is 9.53 Å². The fraction of sp³-hybridized carbons (Fsp3) is 0.900. The maximum atomic E-state index is 11.6. The molecule has 4 heteroatoms. The van der Waals surface area contributed by atoms with Crippen LogP contribution in [0.25, 0.3) is 0 Å². The van der Waals surface area contributed by atoms with E-state index in [1.807, 2.05) is 0 Å². The molecule has 82 valence electrons. The van der Waals surface area contributed by atoms with E-state index in [0.717, 1.165) is 25.7 Å². The molecule has 0 aromatic heterocycles. The first-order chi connectivity index (χ1) is 6.62. The fourth-order valence-corrected chi connectivity index (χ4v) is 1.44. The number of carbonyl (C=O) groups is 1. The summed E-state index contributed by atoms with van der Waals surface area (Å²) in [5, 5.41) is 2.93. The smallest absolute Gasteiger partial charge is 0.240 e. The van der Waals surface area contributed by atoms with Crippen LogP contribution in [0.3, 0.4) is 0 Å². The molecule has 1 fully saturated rings. The van der Waals surface area contributed by atoms with Crippen LogP contribution >= 0.6 is 0 Å². The van der Waals surface area contributed by atoms with Crippen molar-refractivity contribution < 1.29 is 9.53 Å². The van der Waals surface area contributed by atoms with E-state index in [-0.39, 0.29) is 11.9 Å². The highest BCUT2D eigenvalue weighted by atomic mass is 16.5. The van der Waals surface area contributed by atoms with Gasteiger partial charge in [0.1, 0.15) is 0 Å². The molecule has 1 aliphatic carbocycles. The average molecular weight is 200 g/mol. The van der Waals surface area contributed by atoms with Gasteiger partial charge < -0.3 is 15.8 Å². The second kappa shape index (κ2) is 4.75. The molecule has 0 aromatic carbocycles. The topological polar surface area (TPSA) is 64.3 Å². The molecule has 0 aromatic rings. The van der Waals surface area contributed by atoms with Gasteiger partial charge in [0.15, 0.2) is 0 Å². The monoisotopic (exact) mass is 200 g/mol. The van der Waals surface area contributed by atoms with Gasteiger partial charge in [-0.25, -0.2) is 0 Å². The third kappa shape index (κ3) is 2.96. The Morgan fingerprint density at radius 1 is 1.64 bits per heavy atom. The second-order valence-corrected chi connectivity index (χ2v) is 4.07. The molecule has 1 saturated carbocycles. The Hall–Kier alpha value is -0.610. The van der Waals surface area contributed by atoms with E-state index in [1.54, 1.807) is 7.11 Å². The van der Waals surface area contributed by atoms with Gasteiger partial charge in [-0.2, -0.15) is 0 Å². The summed E-state index contributed by atoms with van der Waals surface area (Å²) in [7, 11) is 1.64. The number of nitrogens with two attached hydrogens (primary N) is 1. The highest BCUT2D eigenvalue weighted by Gasteiger charge is 2.46. The summed E-state index contributed by atoms with van der Waals surface area (Å²) in [5.74, 6) is -0.0204. The van der Waals surface area contributed by atoms with Crippen molar-refractivity contribution in [3.63, 3.8) is 0 Å². The predicted molar refractivity (Wildman–Crippen MR) is 54.9 cm³/mol. The Labute approximate surface area is 85.2 Å². The predicted octanol–water partition coefficient (Wildman–Crippen LogP) is 0.409. The Morgan fingerprint density at radius 2 is 2.29 bits per heavy atom. The van der Waals surface area contributed by atoms with Gasteiger partial charge in [-0.15, -0.1) is 0 Å². The molecule has 4 nitrogen and oxygen atoms in total. The van der Waals surface area contributed by atoms with Gasteiger partial charge in [0.25, 0.3) is 0 Å². The first-order valence-electron chi connectivity index (χ1n) is 5.21. The summed E-state index contributed by atoms with van der Waals surface area (Å²) in [4.78, 5) is 11.6. The van der Waals surface area contributed by atoms with Crippen molar-refractivity contribution in [2.45, 2.75) is 44.2 Å². The van der Waals surface area contributed by atoms with E-state index in [1.165, 1.54) is 0 Å². The molecule has 0 radical (unpaired) electrons. The van der Waals surface area contributed by atoms with Gasteiger partial charge in [-0.3, -0.25) is 4.79 Å². The molecule has 0 spiro atoms. The van der Waals surface area contributed by atoms with Crippen molar-refractivity contribution in [3.05, 3.63) is 0 Å². The van der Waals surface area contributed by atoms with Crippen LogP contribution in [0, 0.1) is 0 Å². The summed E-state index contributed by atoms with van der Waals surface area (Å²) in [5.41, 5.74) is 5.21. The van der Waals surface area contributed by atoms with E-state index in [4.69, 9.17) is 10.5 Å². The van der Waals surface area contributed by atoms with Crippen molar-refractivity contribution >= 4 is 5.91 Å². The lowest BCUT2D eigenvalue weighted by Gasteiger charge is -2.19. The molecule has 3 N–H and O–H groups in total. The van der Waals surface area contributed by atoms with Gasteiger partial charge in [0, 0.05) is 7.11 Å². The first-order valence-corrected chi connectivity index (χ1v) is 5.21. The molecule has 0 bridgehead atoms. The second-order valence-electron chi connectivity index (χ2n) is 4.07. The van der Waals surface area contributed by atoms with Crippen LogP contribution in [0.1, 0.15) is 32.6 Å². The van der Waals surface area contributed by atoms with Gasteiger partial charge in [0.05, 0.1) is 18.2 Å². The van der Waals surface area contributed by atoms with Crippen LogP contribution in [0.4, 0.5) is 0 Å². The summed E-state index contributed by atoms with van der Waals surface area (Å²) in [6, 6.07) is 0.110. The van der Waals surface area contributed by atoms with Gasteiger partial charge in [-0.05, 0) is 19.3 Å². The summed E-state index contributed by atoms with van der Waals surface area (Å²) >= 11 is 0. The molecule has 14 heavy (non-hydrogen) atoms. The number of hydrogen-bond donors (Lipinski definition) is 2. The SMILES string of the molecule is CCCC(COC)NC(=O)C1(N)CC1. The number of rotatable bonds is 6. The van der Waals surface area contributed by atoms with E-state index in [2.05, 4.69) is 12.2 Å². The van der Waals surface area contributed by atoms with Gasteiger partial charge in [-0.1, -0.05) is 13.3 Å². The minimum absolute atomic E-state index is 0.0204. The standard InChI is InChI=1S/C10H20N2O2/c1-3-4-8(7-14-2)12-9(13)10(11)5-6-10/h8H,3-7,11H2,1-2H3,(H,12,13). The molecule has 0 saturated heterocycles. The molecular weight excluding hydrogens is 180 g/mol. The lowest BCUT2D eigenvalue weighted by atomic mass is 10.1. The highest BCUT2D eigenvalue weighted by molar-refractivity contribution is 5.89. The highest BCUT2D eigenvalue weighted by Crippen LogP contribution is 2.32. The number of ether oxygens (including phenoxy) is 1. The maximum absolute atomic E-state index is 11.6. The normalized spacial score (nSPS) is 20.2. The molecule has 1 unspecified atom stereocenters. The zero-order valence-electron chi connectivity index (χ0n) is 9.01. The third-order valence-electron chi connectivity index (χ3n) is 2.58. The van der Waals surface area contributed by atoms with Crippen LogP contribution in [0.5, 0.6) is 0 Å². The zero-order valence-corrected chi connectivity index (χ0v) is 9.01. The summed E-state index contributed by atoms with van der Waals surface area (Å²) in [6.07, 6.45) is 3.59. The Kier molecular flexibility index (Phi) is 3.89. The van der Waals surface area contributed by atoms with Crippen molar-refractivity contribution in [3.8, 4) is 0 Å².